The number of aryl methyl sites for hydroxylation is 1. The first-order valence-electron chi connectivity index (χ1n) is 10.1. The molecule has 0 spiro atoms. The molecule has 2 aromatic carbocycles. The third-order valence-electron chi connectivity index (χ3n) is 5.15. The van der Waals surface area contributed by atoms with Crippen LogP contribution in [-0.2, 0) is 13.6 Å². The first-order chi connectivity index (χ1) is 15.6. The minimum Gasteiger partial charge on any atom is -0.419 e. The molecule has 0 bridgehead atoms. The van der Waals surface area contributed by atoms with Gasteiger partial charge in [-0.2, -0.15) is 5.10 Å². The minimum atomic E-state index is -0.159. The summed E-state index contributed by atoms with van der Waals surface area (Å²) < 4.78 is 7.48. The SMILES string of the molecule is CN(Cc1nnc(-c2ccccc2)o1)C(=O)c1cc(-c2cnn(C)c2)nc2ccccc12. The quantitative estimate of drug-likeness (QED) is 0.424. The van der Waals surface area contributed by atoms with Crippen LogP contribution in [0, 0.1) is 0 Å². The Labute approximate surface area is 184 Å². The molecule has 0 N–H and O–H groups in total. The highest BCUT2D eigenvalue weighted by Crippen LogP contribution is 2.26. The van der Waals surface area contributed by atoms with Gasteiger partial charge in [0.05, 0.1) is 29.5 Å². The summed E-state index contributed by atoms with van der Waals surface area (Å²) >= 11 is 0. The Morgan fingerprint density at radius 3 is 2.59 bits per heavy atom. The molecule has 3 heterocycles. The van der Waals surface area contributed by atoms with Crippen molar-refractivity contribution in [1.29, 1.82) is 0 Å². The molecule has 0 saturated carbocycles. The van der Waals surface area contributed by atoms with Gasteiger partial charge in [0.2, 0.25) is 11.8 Å². The number of para-hydroxylation sites is 1. The van der Waals surface area contributed by atoms with Crippen LogP contribution in [0.3, 0.4) is 0 Å². The van der Waals surface area contributed by atoms with E-state index in [4.69, 9.17) is 9.40 Å². The Morgan fingerprint density at radius 1 is 1.03 bits per heavy atom. The molecule has 0 unspecified atom stereocenters. The first-order valence-corrected chi connectivity index (χ1v) is 10.1. The summed E-state index contributed by atoms with van der Waals surface area (Å²) in [5.74, 6) is 0.633. The number of hydrogen-bond acceptors (Lipinski definition) is 6. The van der Waals surface area contributed by atoms with Crippen molar-refractivity contribution >= 4 is 16.8 Å². The van der Waals surface area contributed by atoms with Crippen LogP contribution >= 0.6 is 0 Å². The van der Waals surface area contributed by atoms with E-state index >= 15 is 0 Å². The van der Waals surface area contributed by atoms with Crippen molar-refractivity contribution in [3.05, 3.63) is 84.5 Å². The zero-order valence-electron chi connectivity index (χ0n) is 17.6. The summed E-state index contributed by atoms with van der Waals surface area (Å²) in [4.78, 5) is 19.7. The van der Waals surface area contributed by atoms with Gasteiger partial charge in [0.15, 0.2) is 0 Å². The third kappa shape index (κ3) is 3.74. The molecule has 5 rings (SSSR count). The largest absolute Gasteiger partial charge is 0.419 e. The highest BCUT2D eigenvalue weighted by Gasteiger charge is 2.20. The Balaban J connectivity index is 1.46. The molecule has 0 aliphatic carbocycles. The topological polar surface area (TPSA) is 89.9 Å². The fourth-order valence-electron chi connectivity index (χ4n) is 3.55. The van der Waals surface area contributed by atoms with Crippen molar-refractivity contribution in [2.45, 2.75) is 6.54 Å². The smallest absolute Gasteiger partial charge is 0.254 e. The summed E-state index contributed by atoms with van der Waals surface area (Å²) in [6.45, 7) is 0.192. The van der Waals surface area contributed by atoms with Crippen molar-refractivity contribution in [3.8, 4) is 22.7 Å². The lowest BCUT2D eigenvalue weighted by molar-refractivity contribution is 0.0775. The van der Waals surface area contributed by atoms with E-state index in [2.05, 4.69) is 15.3 Å². The summed E-state index contributed by atoms with van der Waals surface area (Å²) in [5, 5.41) is 13.2. The number of pyridine rings is 1. The lowest BCUT2D eigenvalue weighted by atomic mass is 10.0. The van der Waals surface area contributed by atoms with Crippen LogP contribution in [0.5, 0.6) is 0 Å². The molecule has 1 amide bonds. The van der Waals surface area contributed by atoms with Gasteiger partial charge in [-0.3, -0.25) is 9.48 Å². The van der Waals surface area contributed by atoms with Gasteiger partial charge in [-0.25, -0.2) is 4.98 Å². The Hall–Kier alpha value is -4.33. The lowest BCUT2D eigenvalue weighted by Gasteiger charge is -2.17. The van der Waals surface area contributed by atoms with E-state index in [-0.39, 0.29) is 12.5 Å². The van der Waals surface area contributed by atoms with E-state index in [1.807, 2.05) is 67.8 Å². The number of fused-ring (bicyclic) bond motifs is 1. The van der Waals surface area contributed by atoms with Crippen LogP contribution in [0.2, 0.25) is 0 Å². The maximum absolute atomic E-state index is 13.4. The van der Waals surface area contributed by atoms with Gasteiger partial charge in [0.1, 0.15) is 0 Å². The van der Waals surface area contributed by atoms with Crippen molar-refractivity contribution in [2.24, 2.45) is 7.05 Å². The van der Waals surface area contributed by atoms with Gasteiger partial charge in [-0.1, -0.05) is 36.4 Å². The Kier molecular flexibility index (Phi) is 4.95. The van der Waals surface area contributed by atoms with Crippen molar-refractivity contribution in [2.75, 3.05) is 7.05 Å². The van der Waals surface area contributed by atoms with E-state index in [1.165, 1.54) is 0 Å². The van der Waals surface area contributed by atoms with Gasteiger partial charge in [0, 0.05) is 36.8 Å². The number of amides is 1. The van der Waals surface area contributed by atoms with E-state index in [9.17, 15) is 4.79 Å². The van der Waals surface area contributed by atoms with Crippen LogP contribution in [0.4, 0.5) is 0 Å². The summed E-state index contributed by atoms with van der Waals surface area (Å²) in [5.41, 5.74) is 3.67. The van der Waals surface area contributed by atoms with Crippen LogP contribution in [0.25, 0.3) is 33.6 Å². The number of hydrogen-bond donors (Lipinski definition) is 0. The first kappa shape index (κ1) is 19.6. The average molecular weight is 424 g/mol. The number of nitrogens with zero attached hydrogens (tertiary/aromatic N) is 6. The van der Waals surface area contributed by atoms with Crippen LogP contribution in [-0.4, -0.2) is 42.8 Å². The molecule has 5 aromatic rings. The number of aromatic nitrogens is 5. The molecule has 0 aliphatic heterocycles. The molecular formula is C24H20N6O2. The van der Waals surface area contributed by atoms with Gasteiger partial charge in [-0.05, 0) is 24.3 Å². The highest BCUT2D eigenvalue weighted by molar-refractivity contribution is 6.07. The molecule has 8 nitrogen and oxygen atoms in total. The van der Waals surface area contributed by atoms with E-state index < -0.39 is 0 Å². The van der Waals surface area contributed by atoms with Crippen molar-refractivity contribution < 1.29 is 9.21 Å². The number of rotatable bonds is 5. The molecule has 8 heteroatoms. The minimum absolute atomic E-state index is 0.159. The molecule has 0 fully saturated rings. The predicted molar refractivity (Wildman–Crippen MR) is 119 cm³/mol. The number of benzene rings is 2. The Bertz CT molecular complexity index is 1410. The molecular weight excluding hydrogens is 404 g/mol. The van der Waals surface area contributed by atoms with Crippen LogP contribution in [0.15, 0.2) is 77.5 Å². The van der Waals surface area contributed by atoms with E-state index in [0.29, 0.717) is 23.0 Å². The van der Waals surface area contributed by atoms with Crippen LogP contribution in [0.1, 0.15) is 16.2 Å². The van der Waals surface area contributed by atoms with E-state index in [0.717, 1.165) is 22.0 Å². The highest BCUT2D eigenvalue weighted by atomic mass is 16.4. The third-order valence-corrected chi connectivity index (χ3v) is 5.15. The average Bonchev–Trinajstić information content (AvgIpc) is 3.47. The number of carbonyl (C=O) groups excluding carboxylic acids is 1. The summed E-state index contributed by atoms with van der Waals surface area (Å²) in [6, 6.07) is 18.9. The monoisotopic (exact) mass is 424 g/mol. The van der Waals surface area contributed by atoms with Gasteiger partial charge < -0.3 is 9.32 Å². The fourth-order valence-corrected chi connectivity index (χ4v) is 3.55. The fraction of sp³-hybridized carbons (Fsp3) is 0.125. The standard InChI is InChI=1S/C24H20N6O2/c1-29(15-22-27-28-23(32-22)16-8-4-3-5-9-16)24(31)19-12-21(17-13-25-30(2)14-17)26-20-11-7-6-10-18(19)20/h3-14H,15H2,1-2H3. The summed E-state index contributed by atoms with van der Waals surface area (Å²) in [6.07, 6.45) is 3.61. The predicted octanol–water partition coefficient (Wildman–Crippen LogP) is 3.96. The maximum atomic E-state index is 13.4. The lowest BCUT2D eigenvalue weighted by Crippen LogP contribution is -2.26. The summed E-state index contributed by atoms with van der Waals surface area (Å²) in [7, 11) is 3.56. The molecule has 0 radical (unpaired) electrons. The molecule has 32 heavy (non-hydrogen) atoms. The normalized spacial score (nSPS) is 11.1. The molecule has 0 saturated heterocycles. The van der Waals surface area contributed by atoms with Gasteiger partial charge in [0.25, 0.3) is 5.91 Å². The van der Waals surface area contributed by atoms with Gasteiger partial charge in [-0.15, -0.1) is 10.2 Å². The number of carbonyl (C=O) groups is 1. The zero-order chi connectivity index (χ0) is 22.1. The van der Waals surface area contributed by atoms with Crippen molar-refractivity contribution in [1.82, 2.24) is 29.9 Å². The van der Waals surface area contributed by atoms with Gasteiger partial charge >= 0.3 is 0 Å². The zero-order valence-corrected chi connectivity index (χ0v) is 17.6. The van der Waals surface area contributed by atoms with Crippen LogP contribution < -0.4 is 0 Å². The second kappa shape index (κ2) is 8.07. The second-order valence-corrected chi connectivity index (χ2v) is 7.50. The second-order valence-electron chi connectivity index (χ2n) is 7.50. The van der Waals surface area contributed by atoms with Crippen molar-refractivity contribution in [3.63, 3.8) is 0 Å². The molecule has 0 aliphatic rings. The Morgan fingerprint density at radius 2 is 1.81 bits per heavy atom. The molecule has 0 atom stereocenters. The maximum Gasteiger partial charge on any atom is 0.254 e. The van der Waals surface area contributed by atoms with E-state index in [1.54, 1.807) is 28.9 Å². The molecule has 3 aromatic heterocycles. The molecule has 158 valence electrons.